The van der Waals surface area contributed by atoms with Crippen LogP contribution >= 0.6 is 11.3 Å². The number of nitrogens with zero attached hydrogens (tertiary/aromatic N) is 1. The number of rotatable bonds is 3. The lowest BCUT2D eigenvalue weighted by Gasteiger charge is -2.07. The summed E-state index contributed by atoms with van der Waals surface area (Å²) in [6, 6.07) is 10.4. The minimum absolute atomic E-state index is 0.365. The molecule has 0 aliphatic carbocycles. The van der Waals surface area contributed by atoms with Gasteiger partial charge in [0, 0.05) is 5.69 Å². The second-order valence-corrected chi connectivity index (χ2v) is 6.60. The van der Waals surface area contributed by atoms with Crippen LogP contribution in [-0.4, -0.2) is 24.1 Å². The summed E-state index contributed by atoms with van der Waals surface area (Å²) in [4.78, 5) is 28.1. The molecular weight excluding hydrogens is 338 g/mol. The van der Waals surface area contributed by atoms with Crippen LogP contribution in [0, 0.1) is 13.8 Å². The monoisotopic (exact) mass is 355 g/mol. The van der Waals surface area contributed by atoms with Gasteiger partial charge in [0.1, 0.15) is 0 Å². The predicted molar refractivity (Wildman–Crippen MR) is 99.5 cm³/mol. The number of amides is 2. The molecule has 2 aromatic carbocycles. The van der Waals surface area contributed by atoms with E-state index >= 15 is 0 Å². The number of anilines is 2. The topological polar surface area (TPSA) is 80.3 Å². The molecule has 0 atom stereocenters. The van der Waals surface area contributed by atoms with Gasteiger partial charge in [0.15, 0.2) is 5.13 Å². The largest absolute Gasteiger partial charge is 0.465 e. The van der Waals surface area contributed by atoms with Crippen molar-refractivity contribution in [3.63, 3.8) is 0 Å². The van der Waals surface area contributed by atoms with Crippen molar-refractivity contribution in [3.8, 4) is 0 Å². The van der Waals surface area contributed by atoms with Gasteiger partial charge in [-0.05, 0) is 55.3 Å². The van der Waals surface area contributed by atoms with Crippen LogP contribution in [0.2, 0.25) is 0 Å². The highest BCUT2D eigenvalue weighted by atomic mass is 32.1. The fourth-order valence-electron chi connectivity index (χ4n) is 2.30. The molecule has 0 aliphatic rings. The van der Waals surface area contributed by atoms with E-state index in [0.29, 0.717) is 16.2 Å². The Labute approximate surface area is 148 Å². The van der Waals surface area contributed by atoms with Gasteiger partial charge < -0.3 is 10.1 Å². The Morgan fingerprint density at radius 3 is 2.56 bits per heavy atom. The fraction of sp³-hybridized carbons (Fsp3) is 0.167. The van der Waals surface area contributed by atoms with Crippen LogP contribution in [-0.2, 0) is 4.74 Å². The first-order valence-electron chi connectivity index (χ1n) is 7.60. The minimum Gasteiger partial charge on any atom is -0.465 e. The lowest BCUT2D eigenvalue weighted by molar-refractivity contribution is 0.0601. The summed E-state index contributed by atoms with van der Waals surface area (Å²) in [6.45, 7) is 4.01. The van der Waals surface area contributed by atoms with Crippen LogP contribution in [0.1, 0.15) is 21.5 Å². The average molecular weight is 355 g/mol. The number of fused-ring (bicyclic) bond motifs is 1. The van der Waals surface area contributed by atoms with Gasteiger partial charge in [0.25, 0.3) is 0 Å². The number of carbonyl (C=O) groups is 2. The van der Waals surface area contributed by atoms with Crippen LogP contribution in [0.3, 0.4) is 0 Å². The van der Waals surface area contributed by atoms with Crippen molar-refractivity contribution in [1.29, 1.82) is 0 Å². The molecule has 0 unspecified atom stereocenters. The summed E-state index contributed by atoms with van der Waals surface area (Å²) in [5.41, 5.74) is 4.14. The molecule has 2 amide bonds. The molecule has 128 valence electrons. The highest BCUT2D eigenvalue weighted by molar-refractivity contribution is 7.22. The number of methoxy groups -OCH3 is 1. The Morgan fingerprint density at radius 1 is 1.04 bits per heavy atom. The van der Waals surface area contributed by atoms with Gasteiger partial charge in [0.2, 0.25) is 0 Å². The maximum atomic E-state index is 12.1. The van der Waals surface area contributed by atoms with E-state index in [9.17, 15) is 9.59 Å². The van der Waals surface area contributed by atoms with Crippen molar-refractivity contribution in [3.05, 3.63) is 53.1 Å². The zero-order valence-electron chi connectivity index (χ0n) is 14.0. The number of aromatic nitrogens is 1. The number of carbonyl (C=O) groups excluding carboxylic acids is 2. The zero-order valence-corrected chi connectivity index (χ0v) is 14.9. The van der Waals surface area contributed by atoms with E-state index in [1.807, 2.05) is 32.0 Å². The Kier molecular flexibility index (Phi) is 4.67. The fourth-order valence-corrected chi connectivity index (χ4v) is 3.20. The Hall–Kier alpha value is -2.93. The molecule has 2 N–H and O–H groups in total. The van der Waals surface area contributed by atoms with Crippen LogP contribution in [0.15, 0.2) is 36.4 Å². The highest BCUT2D eigenvalue weighted by Crippen LogP contribution is 2.27. The summed E-state index contributed by atoms with van der Waals surface area (Å²) >= 11 is 1.29. The van der Waals surface area contributed by atoms with Crippen LogP contribution in [0.5, 0.6) is 0 Å². The summed E-state index contributed by atoms with van der Waals surface area (Å²) in [5, 5.41) is 5.96. The summed E-state index contributed by atoms with van der Waals surface area (Å²) in [7, 11) is 1.34. The molecule has 3 rings (SSSR count). The van der Waals surface area contributed by atoms with E-state index in [1.54, 1.807) is 18.2 Å². The van der Waals surface area contributed by atoms with Gasteiger partial charge in [-0.3, -0.25) is 5.32 Å². The summed E-state index contributed by atoms with van der Waals surface area (Å²) in [6.07, 6.45) is 0. The molecule has 1 aromatic heterocycles. The van der Waals surface area contributed by atoms with Crippen molar-refractivity contribution in [2.24, 2.45) is 0 Å². The first-order valence-corrected chi connectivity index (χ1v) is 8.42. The van der Waals surface area contributed by atoms with E-state index in [0.717, 1.165) is 16.0 Å². The molecule has 0 spiro atoms. The molecule has 0 aliphatic heterocycles. The van der Waals surface area contributed by atoms with Crippen LogP contribution in [0.25, 0.3) is 10.2 Å². The van der Waals surface area contributed by atoms with E-state index in [2.05, 4.69) is 15.6 Å². The zero-order chi connectivity index (χ0) is 18.0. The van der Waals surface area contributed by atoms with Crippen molar-refractivity contribution >= 4 is 44.4 Å². The molecule has 0 bridgehead atoms. The molecular formula is C18H17N3O3S. The van der Waals surface area contributed by atoms with Crippen molar-refractivity contribution < 1.29 is 14.3 Å². The van der Waals surface area contributed by atoms with Gasteiger partial charge in [-0.1, -0.05) is 17.4 Å². The van der Waals surface area contributed by atoms with Crippen LogP contribution < -0.4 is 10.6 Å². The number of hydrogen-bond donors (Lipinski definition) is 2. The number of benzene rings is 2. The Bertz CT molecular complexity index is 965. The van der Waals surface area contributed by atoms with Crippen LogP contribution in [0.4, 0.5) is 15.6 Å². The maximum Gasteiger partial charge on any atom is 0.337 e. The van der Waals surface area contributed by atoms with Crippen molar-refractivity contribution in [1.82, 2.24) is 4.98 Å². The molecule has 0 saturated heterocycles. The standard InChI is InChI=1S/C18H17N3O3S/c1-10-4-6-13(8-11(10)2)19-17(23)21-18-20-14-7-5-12(16(22)24-3)9-15(14)25-18/h4-9H,1-3H3,(H2,19,20,21,23). The Balaban J connectivity index is 1.74. The number of aryl methyl sites for hydroxylation is 2. The quantitative estimate of drug-likeness (QED) is 0.685. The van der Waals surface area contributed by atoms with Gasteiger partial charge >= 0.3 is 12.0 Å². The smallest absolute Gasteiger partial charge is 0.337 e. The van der Waals surface area contributed by atoms with Gasteiger partial charge in [-0.25, -0.2) is 14.6 Å². The summed E-state index contributed by atoms with van der Waals surface area (Å²) in [5.74, 6) is -0.405. The molecule has 7 heteroatoms. The molecule has 0 radical (unpaired) electrons. The van der Waals surface area contributed by atoms with Crippen molar-refractivity contribution in [2.75, 3.05) is 17.7 Å². The predicted octanol–water partition coefficient (Wildman–Crippen LogP) is 4.34. The number of thiazole rings is 1. The SMILES string of the molecule is COC(=O)c1ccc2nc(NC(=O)Nc3ccc(C)c(C)c3)sc2c1. The van der Waals surface area contributed by atoms with E-state index in [-0.39, 0.29) is 6.03 Å². The molecule has 0 fully saturated rings. The maximum absolute atomic E-state index is 12.1. The molecule has 25 heavy (non-hydrogen) atoms. The number of hydrogen-bond acceptors (Lipinski definition) is 5. The van der Waals surface area contributed by atoms with Gasteiger partial charge in [0.05, 0.1) is 22.9 Å². The first kappa shape index (κ1) is 16.9. The molecule has 1 heterocycles. The van der Waals surface area contributed by atoms with Gasteiger partial charge in [-0.2, -0.15) is 0 Å². The second-order valence-electron chi connectivity index (χ2n) is 5.57. The third kappa shape index (κ3) is 3.77. The van der Waals surface area contributed by atoms with Crippen molar-refractivity contribution in [2.45, 2.75) is 13.8 Å². The molecule has 0 saturated carbocycles. The molecule has 3 aromatic rings. The number of urea groups is 1. The van der Waals surface area contributed by atoms with E-state index < -0.39 is 5.97 Å². The third-order valence-electron chi connectivity index (χ3n) is 3.79. The van der Waals surface area contributed by atoms with E-state index in [4.69, 9.17) is 4.74 Å². The number of nitrogens with one attached hydrogen (secondary N) is 2. The summed E-state index contributed by atoms with van der Waals surface area (Å²) < 4.78 is 5.50. The van der Waals surface area contributed by atoms with E-state index in [1.165, 1.54) is 24.0 Å². The average Bonchev–Trinajstić information content (AvgIpc) is 2.98. The normalized spacial score (nSPS) is 10.5. The highest BCUT2D eigenvalue weighted by Gasteiger charge is 2.11. The lowest BCUT2D eigenvalue weighted by Crippen LogP contribution is -2.19. The second kappa shape index (κ2) is 6.90. The minimum atomic E-state index is -0.405. The number of esters is 1. The lowest BCUT2D eigenvalue weighted by atomic mass is 10.1. The third-order valence-corrected chi connectivity index (χ3v) is 4.73. The molecule has 6 nitrogen and oxygen atoms in total. The Morgan fingerprint density at radius 2 is 1.84 bits per heavy atom. The number of ether oxygens (including phenoxy) is 1. The first-order chi connectivity index (χ1) is 12.0. The van der Waals surface area contributed by atoms with Gasteiger partial charge in [-0.15, -0.1) is 0 Å².